The molecule has 0 unspecified atom stereocenters. The third kappa shape index (κ3) is 5.06. The van der Waals surface area contributed by atoms with Gasteiger partial charge in [-0.25, -0.2) is 0 Å². The van der Waals surface area contributed by atoms with Crippen LogP contribution in [0.1, 0.15) is 6.92 Å². The van der Waals surface area contributed by atoms with E-state index in [9.17, 15) is 4.79 Å². The number of carbonyl (C=O) groups excluding carboxylic acids is 1. The number of nitrogen functional groups attached to an aromatic ring is 1. The van der Waals surface area contributed by atoms with Gasteiger partial charge in [-0.1, -0.05) is 0 Å². The van der Waals surface area contributed by atoms with Gasteiger partial charge in [0.2, 0.25) is 5.91 Å². The lowest BCUT2D eigenvalue weighted by Gasteiger charge is -2.09. The van der Waals surface area contributed by atoms with Crippen molar-refractivity contribution in [3.8, 4) is 11.5 Å². The number of nitrogens with two attached hydrogens (primary N) is 1. The first-order chi connectivity index (χ1) is 10.1. The summed E-state index contributed by atoms with van der Waals surface area (Å²) in [5, 5.41) is 2.70. The third-order valence-corrected chi connectivity index (χ3v) is 2.68. The Balaban J connectivity index is 1.73. The minimum absolute atomic E-state index is 0.0967. The number of hydrogen-bond acceptors (Lipinski definition) is 4. The van der Waals surface area contributed by atoms with Gasteiger partial charge in [0.05, 0.1) is 0 Å². The Labute approximate surface area is 123 Å². The number of anilines is 2. The van der Waals surface area contributed by atoms with Gasteiger partial charge in [0, 0.05) is 18.3 Å². The van der Waals surface area contributed by atoms with Crippen molar-refractivity contribution in [3.05, 3.63) is 48.5 Å². The van der Waals surface area contributed by atoms with Crippen molar-refractivity contribution in [2.45, 2.75) is 6.92 Å². The normalized spacial score (nSPS) is 9.95. The third-order valence-electron chi connectivity index (χ3n) is 2.68. The molecule has 0 fully saturated rings. The highest BCUT2D eigenvalue weighted by molar-refractivity contribution is 5.88. The van der Waals surface area contributed by atoms with Gasteiger partial charge in [-0.3, -0.25) is 4.79 Å². The lowest BCUT2D eigenvalue weighted by Crippen LogP contribution is -2.09. The van der Waals surface area contributed by atoms with E-state index in [1.165, 1.54) is 6.92 Å². The van der Waals surface area contributed by atoms with Crippen molar-refractivity contribution < 1.29 is 14.3 Å². The van der Waals surface area contributed by atoms with E-state index >= 15 is 0 Å². The van der Waals surface area contributed by atoms with E-state index in [4.69, 9.17) is 15.2 Å². The molecule has 2 aromatic rings. The summed E-state index contributed by atoms with van der Waals surface area (Å²) in [6.45, 7) is 2.35. The van der Waals surface area contributed by atoms with Crippen LogP contribution in [-0.4, -0.2) is 19.1 Å². The van der Waals surface area contributed by atoms with E-state index in [-0.39, 0.29) is 5.91 Å². The van der Waals surface area contributed by atoms with E-state index in [1.807, 2.05) is 12.1 Å². The van der Waals surface area contributed by atoms with Crippen molar-refractivity contribution in [2.75, 3.05) is 24.3 Å². The Morgan fingerprint density at radius 1 is 0.952 bits per heavy atom. The quantitative estimate of drug-likeness (QED) is 0.632. The fourth-order valence-corrected chi connectivity index (χ4v) is 1.72. The standard InChI is InChI=1S/C16H18N2O3/c1-12(19)18-14-4-8-16(9-5-14)21-11-10-20-15-6-2-13(17)3-7-15/h2-9H,10-11,17H2,1H3,(H,18,19). The summed E-state index contributed by atoms with van der Waals surface area (Å²) in [6, 6.07) is 14.4. The second-order valence-corrected chi connectivity index (χ2v) is 4.47. The van der Waals surface area contributed by atoms with Crippen LogP contribution in [-0.2, 0) is 4.79 Å². The lowest BCUT2D eigenvalue weighted by atomic mass is 10.3. The smallest absolute Gasteiger partial charge is 0.221 e. The average molecular weight is 286 g/mol. The zero-order chi connectivity index (χ0) is 15.1. The van der Waals surface area contributed by atoms with Crippen molar-refractivity contribution in [1.29, 1.82) is 0 Å². The zero-order valence-electron chi connectivity index (χ0n) is 11.8. The highest BCUT2D eigenvalue weighted by Gasteiger charge is 1.98. The zero-order valence-corrected chi connectivity index (χ0v) is 11.8. The lowest BCUT2D eigenvalue weighted by molar-refractivity contribution is -0.114. The maximum Gasteiger partial charge on any atom is 0.221 e. The molecule has 0 spiro atoms. The van der Waals surface area contributed by atoms with Crippen LogP contribution in [0.4, 0.5) is 11.4 Å². The monoisotopic (exact) mass is 286 g/mol. The molecule has 5 heteroatoms. The van der Waals surface area contributed by atoms with Crippen molar-refractivity contribution in [3.63, 3.8) is 0 Å². The summed E-state index contributed by atoms with van der Waals surface area (Å²) >= 11 is 0. The van der Waals surface area contributed by atoms with Crippen LogP contribution in [0, 0.1) is 0 Å². The van der Waals surface area contributed by atoms with Crippen molar-refractivity contribution >= 4 is 17.3 Å². The highest BCUT2D eigenvalue weighted by Crippen LogP contribution is 2.16. The van der Waals surface area contributed by atoms with Gasteiger partial charge >= 0.3 is 0 Å². The van der Waals surface area contributed by atoms with Crippen LogP contribution in [0.25, 0.3) is 0 Å². The van der Waals surface area contributed by atoms with Gasteiger partial charge in [-0.2, -0.15) is 0 Å². The van der Waals surface area contributed by atoms with Gasteiger partial charge in [0.25, 0.3) is 0 Å². The average Bonchev–Trinajstić information content (AvgIpc) is 2.46. The molecule has 2 aromatic carbocycles. The fraction of sp³-hybridized carbons (Fsp3) is 0.188. The molecule has 5 nitrogen and oxygen atoms in total. The molecule has 1 amide bonds. The molecule has 3 N–H and O–H groups in total. The van der Waals surface area contributed by atoms with Crippen LogP contribution in [0.15, 0.2) is 48.5 Å². The molecule has 0 bridgehead atoms. The molecule has 0 radical (unpaired) electrons. The minimum Gasteiger partial charge on any atom is -0.490 e. The number of benzene rings is 2. The number of carbonyl (C=O) groups is 1. The van der Waals surface area contributed by atoms with Gasteiger partial charge < -0.3 is 20.5 Å². The van der Waals surface area contributed by atoms with Gasteiger partial charge in [0.1, 0.15) is 24.7 Å². The Morgan fingerprint density at radius 3 is 1.90 bits per heavy atom. The van der Waals surface area contributed by atoms with Crippen LogP contribution < -0.4 is 20.5 Å². The van der Waals surface area contributed by atoms with E-state index in [0.29, 0.717) is 18.9 Å². The van der Waals surface area contributed by atoms with Gasteiger partial charge in [-0.15, -0.1) is 0 Å². The number of rotatable bonds is 6. The summed E-state index contributed by atoms with van der Waals surface area (Å²) in [5.74, 6) is 1.39. The van der Waals surface area contributed by atoms with Crippen LogP contribution in [0.5, 0.6) is 11.5 Å². The largest absolute Gasteiger partial charge is 0.490 e. The molecule has 0 saturated heterocycles. The van der Waals surface area contributed by atoms with E-state index in [2.05, 4.69) is 5.32 Å². The fourth-order valence-electron chi connectivity index (χ4n) is 1.72. The first-order valence-electron chi connectivity index (χ1n) is 6.62. The predicted octanol–water partition coefficient (Wildman–Crippen LogP) is 2.69. The summed E-state index contributed by atoms with van der Waals surface area (Å²) in [6.07, 6.45) is 0. The molecule has 0 saturated carbocycles. The Morgan fingerprint density at radius 2 is 1.43 bits per heavy atom. The topological polar surface area (TPSA) is 73.6 Å². The molecule has 0 aliphatic carbocycles. The summed E-state index contributed by atoms with van der Waals surface area (Å²) < 4.78 is 11.1. The Bertz CT molecular complexity index is 579. The van der Waals surface area contributed by atoms with E-state index in [0.717, 1.165) is 17.2 Å². The van der Waals surface area contributed by atoms with Crippen LogP contribution in [0.3, 0.4) is 0 Å². The number of amides is 1. The van der Waals surface area contributed by atoms with Crippen LogP contribution >= 0.6 is 0 Å². The van der Waals surface area contributed by atoms with E-state index < -0.39 is 0 Å². The molecule has 0 aliphatic rings. The Kier molecular flexibility index (Phi) is 5.04. The maximum atomic E-state index is 10.9. The second kappa shape index (κ2) is 7.19. The molecule has 2 rings (SSSR count). The molecule has 0 heterocycles. The molecule has 0 aromatic heterocycles. The molecule has 0 aliphatic heterocycles. The summed E-state index contributed by atoms with van der Waals surface area (Å²) in [5.41, 5.74) is 7.04. The number of nitrogens with one attached hydrogen (secondary N) is 1. The first-order valence-corrected chi connectivity index (χ1v) is 6.62. The summed E-state index contributed by atoms with van der Waals surface area (Å²) in [4.78, 5) is 10.9. The van der Waals surface area contributed by atoms with Crippen LogP contribution in [0.2, 0.25) is 0 Å². The maximum absolute atomic E-state index is 10.9. The Hall–Kier alpha value is -2.69. The van der Waals surface area contributed by atoms with E-state index in [1.54, 1.807) is 36.4 Å². The molecule has 21 heavy (non-hydrogen) atoms. The van der Waals surface area contributed by atoms with Crippen molar-refractivity contribution in [1.82, 2.24) is 0 Å². The number of hydrogen-bond donors (Lipinski definition) is 2. The van der Waals surface area contributed by atoms with Crippen molar-refractivity contribution in [2.24, 2.45) is 0 Å². The SMILES string of the molecule is CC(=O)Nc1ccc(OCCOc2ccc(N)cc2)cc1. The molecule has 110 valence electrons. The minimum atomic E-state index is -0.0967. The van der Waals surface area contributed by atoms with Gasteiger partial charge in [0.15, 0.2) is 0 Å². The summed E-state index contributed by atoms with van der Waals surface area (Å²) in [7, 11) is 0. The highest BCUT2D eigenvalue weighted by atomic mass is 16.5. The molecule has 0 atom stereocenters. The predicted molar refractivity (Wildman–Crippen MR) is 82.6 cm³/mol. The second-order valence-electron chi connectivity index (χ2n) is 4.47. The first kappa shape index (κ1) is 14.7. The number of ether oxygens (including phenoxy) is 2. The molecular weight excluding hydrogens is 268 g/mol. The molecular formula is C16H18N2O3. The van der Waals surface area contributed by atoms with Gasteiger partial charge in [-0.05, 0) is 48.5 Å².